The second-order valence-electron chi connectivity index (χ2n) is 3.90. The summed E-state index contributed by atoms with van der Waals surface area (Å²) in [6.45, 7) is 10.2. The molecule has 0 spiro atoms. The van der Waals surface area contributed by atoms with Crippen molar-refractivity contribution in [1.82, 2.24) is 10.2 Å². The van der Waals surface area contributed by atoms with Crippen LogP contribution in [-0.2, 0) is 0 Å². The molecule has 0 amide bonds. The van der Waals surface area contributed by atoms with Gasteiger partial charge in [-0.1, -0.05) is 20.3 Å². The standard InChI is InChI=1S/C11H26N2/c1-5-7-9-13(4)10-8-11(3)12-6-2/h11-12H,5-10H2,1-4H3. The first-order valence-corrected chi connectivity index (χ1v) is 5.62. The van der Waals surface area contributed by atoms with Crippen LogP contribution in [0.15, 0.2) is 0 Å². The number of nitrogens with one attached hydrogen (secondary N) is 1. The van der Waals surface area contributed by atoms with E-state index < -0.39 is 0 Å². The minimum Gasteiger partial charge on any atom is -0.314 e. The molecular weight excluding hydrogens is 160 g/mol. The van der Waals surface area contributed by atoms with E-state index in [9.17, 15) is 0 Å². The van der Waals surface area contributed by atoms with Crippen molar-refractivity contribution < 1.29 is 0 Å². The van der Waals surface area contributed by atoms with Gasteiger partial charge in [-0.15, -0.1) is 0 Å². The zero-order valence-electron chi connectivity index (χ0n) is 9.77. The molecule has 0 aliphatic heterocycles. The van der Waals surface area contributed by atoms with Gasteiger partial charge in [-0.05, 0) is 46.4 Å². The third kappa shape index (κ3) is 8.26. The molecule has 0 bridgehead atoms. The van der Waals surface area contributed by atoms with E-state index in [2.05, 4.69) is 38.0 Å². The van der Waals surface area contributed by atoms with Crippen molar-refractivity contribution in [2.75, 3.05) is 26.7 Å². The Morgan fingerprint density at radius 2 is 1.92 bits per heavy atom. The van der Waals surface area contributed by atoms with Gasteiger partial charge in [-0.3, -0.25) is 0 Å². The summed E-state index contributed by atoms with van der Waals surface area (Å²) in [6, 6.07) is 0.661. The molecule has 0 aliphatic carbocycles. The molecule has 2 nitrogen and oxygen atoms in total. The van der Waals surface area contributed by atoms with Crippen LogP contribution < -0.4 is 5.32 Å². The largest absolute Gasteiger partial charge is 0.314 e. The van der Waals surface area contributed by atoms with Crippen LogP contribution in [0.5, 0.6) is 0 Å². The Kier molecular flexibility index (Phi) is 8.46. The summed E-state index contributed by atoms with van der Waals surface area (Å²) in [6.07, 6.45) is 3.88. The van der Waals surface area contributed by atoms with Crippen molar-refractivity contribution in [3.05, 3.63) is 0 Å². The van der Waals surface area contributed by atoms with Gasteiger partial charge in [-0.2, -0.15) is 0 Å². The first-order chi connectivity index (χ1) is 6.20. The van der Waals surface area contributed by atoms with Crippen LogP contribution in [0, 0.1) is 0 Å². The van der Waals surface area contributed by atoms with Crippen molar-refractivity contribution in [3.8, 4) is 0 Å². The van der Waals surface area contributed by atoms with E-state index in [0.717, 1.165) is 6.54 Å². The number of hydrogen-bond donors (Lipinski definition) is 1. The Morgan fingerprint density at radius 3 is 2.46 bits per heavy atom. The first kappa shape index (κ1) is 12.9. The van der Waals surface area contributed by atoms with Crippen LogP contribution in [0.3, 0.4) is 0 Å². The highest BCUT2D eigenvalue weighted by Gasteiger charge is 2.02. The molecular formula is C11H26N2. The number of rotatable bonds is 8. The molecule has 0 radical (unpaired) electrons. The van der Waals surface area contributed by atoms with Crippen LogP contribution in [0.25, 0.3) is 0 Å². The van der Waals surface area contributed by atoms with Gasteiger partial charge >= 0.3 is 0 Å². The maximum absolute atomic E-state index is 3.43. The molecule has 80 valence electrons. The molecule has 0 aromatic carbocycles. The Bertz CT molecular complexity index is 104. The van der Waals surface area contributed by atoms with Gasteiger partial charge in [0.2, 0.25) is 0 Å². The minimum absolute atomic E-state index is 0.661. The molecule has 0 saturated carbocycles. The molecule has 13 heavy (non-hydrogen) atoms. The number of unbranched alkanes of at least 4 members (excludes halogenated alkanes) is 1. The quantitative estimate of drug-likeness (QED) is 0.624. The number of hydrogen-bond acceptors (Lipinski definition) is 2. The van der Waals surface area contributed by atoms with Crippen molar-refractivity contribution in [2.45, 2.75) is 46.1 Å². The van der Waals surface area contributed by atoms with Gasteiger partial charge in [0.15, 0.2) is 0 Å². The summed E-state index contributed by atoms with van der Waals surface area (Å²) >= 11 is 0. The predicted octanol–water partition coefficient (Wildman–Crippen LogP) is 2.11. The zero-order chi connectivity index (χ0) is 10.1. The Labute approximate surface area is 83.7 Å². The van der Waals surface area contributed by atoms with Crippen LogP contribution in [-0.4, -0.2) is 37.6 Å². The summed E-state index contributed by atoms with van der Waals surface area (Å²) in [5, 5.41) is 3.43. The fraction of sp³-hybridized carbons (Fsp3) is 1.00. The average Bonchev–Trinajstić information content (AvgIpc) is 2.12. The molecule has 0 aromatic heterocycles. The molecule has 1 N–H and O–H groups in total. The van der Waals surface area contributed by atoms with Gasteiger partial charge in [-0.25, -0.2) is 0 Å². The summed E-state index contributed by atoms with van der Waals surface area (Å²) in [5.41, 5.74) is 0. The van der Waals surface area contributed by atoms with E-state index in [4.69, 9.17) is 0 Å². The first-order valence-electron chi connectivity index (χ1n) is 5.62. The zero-order valence-corrected chi connectivity index (χ0v) is 9.77. The van der Waals surface area contributed by atoms with Crippen molar-refractivity contribution in [3.63, 3.8) is 0 Å². The molecule has 1 unspecified atom stereocenters. The monoisotopic (exact) mass is 186 g/mol. The van der Waals surface area contributed by atoms with Gasteiger partial charge in [0.1, 0.15) is 0 Å². The topological polar surface area (TPSA) is 15.3 Å². The van der Waals surface area contributed by atoms with Crippen molar-refractivity contribution in [2.24, 2.45) is 0 Å². The molecule has 1 atom stereocenters. The fourth-order valence-electron chi connectivity index (χ4n) is 1.40. The van der Waals surface area contributed by atoms with Crippen LogP contribution in [0.4, 0.5) is 0 Å². The predicted molar refractivity (Wildman–Crippen MR) is 60.2 cm³/mol. The van der Waals surface area contributed by atoms with E-state index in [1.54, 1.807) is 0 Å². The minimum atomic E-state index is 0.661. The van der Waals surface area contributed by atoms with Gasteiger partial charge < -0.3 is 10.2 Å². The van der Waals surface area contributed by atoms with E-state index >= 15 is 0 Å². The average molecular weight is 186 g/mol. The molecule has 0 fully saturated rings. The fourth-order valence-corrected chi connectivity index (χ4v) is 1.40. The summed E-state index contributed by atoms with van der Waals surface area (Å²) in [4.78, 5) is 2.43. The third-order valence-electron chi connectivity index (χ3n) is 2.39. The lowest BCUT2D eigenvalue weighted by molar-refractivity contribution is 0.307. The van der Waals surface area contributed by atoms with E-state index in [1.807, 2.05) is 0 Å². The van der Waals surface area contributed by atoms with Gasteiger partial charge in [0.25, 0.3) is 0 Å². The lowest BCUT2D eigenvalue weighted by Gasteiger charge is -2.19. The van der Waals surface area contributed by atoms with E-state index in [-0.39, 0.29) is 0 Å². The number of nitrogens with zero attached hydrogens (tertiary/aromatic N) is 1. The Morgan fingerprint density at radius 1 is 1.23 bits per heavy atom. The maximum atomic E-state index is 3.43. The van der Waals surface area contributed by atoms with Crippen LogP contribution >= 0.6 is 0 Å². The molecule has 0 aliphatic rings. The summed E-state index contributed by atoms with van der Waals surface area (Å²) in [5.74, 6) is 0. The van der Waals surface area contributed by atoms with Crippen LogP contribution in [0.2, 0.25) is 0 Å². The van der Waals surface area contributed by atoms with Gasteiger partial charge in [0, 0.05) is 6.04 Å². The van der Waals surface area contributed by atoms with E-state index in [1.165, 1.54) is 32.4 Å². The van der Waals surface area contributed by atoms with Gasteiger partial charge in [0.05, 0.1) is 0 Å². The highest BCUT2D eigenvalue weighted by molar-refractivity contribution is 4.62. The van der Waals surface area contributed by atoms with Crippen molar-refractivity contribution in [1.29, 1.82) is 0 Å². The lowest BCUT2D eigenvalue weighted by Crippen LogP contribution is -2.31. The van der Waals surface area contributed by atoms with Crippen LogP contribution in [0.1, 0.15) is 40.0 Å². The highest BCUT2D eigenvalue weighted by Crippen LogP contribution is 1.96. The Balaban J connectivity index is 3.29. The molecule has 0 aromatic rings. The SMILES string of the molecule is CCCCN(C)CCC(C)NCC. The maximum Gasteiger partial charge on any atom is 0.00507 e. The highest BCUT2D eigenvalue weighted by atomic mass is 15.1. The summed E-state index contributed by atoms with van der Waals surface area (Å²) < 4.78 is 0. The molecule has 0 saturated heterocycles. The second-order valence-corrected chi connectivity index (χ2v) is 3.90. The molecule has 2 heteroatoms. The summed E-state index contributed by atoms with van der Waals surface area (Å²) in [7, 11) is 2.22. The second kappa shape index (κ2) is 8.52. The molecule has 0 heterocycles. The van der Waals surface area contributed by atoms with Crippen molar-refractivity contribution >= 4 is 0 Å². The van der Waals surface area contributed by atoms with E-state index in [0.29, 0.717) is 6.04 Å². The normalized spacial score (nSPS) is 13.6. The smallest absolute Gasteiger partial charge is 0.00507 e. The molecule has 0 rings (SSSR count). The lowest BCUT2D eigenvalue weighted by atomic mass is 10.2. The Hall–Kier alpha value is -0.0800. The third-order valence-corrected chi connectivity index (χ3v) is 2.39.